The lowest BCUT2D eigenvalue weighted by molar-refractivity contribution is 0.0767. The zero-order chi connectivity index (χ0) is 21.1. The summed E-state index contributed by atoms with van der Waals surface area (Å²) in [7, 11) is -3.48. The lowest BCUT2D eigenvalue weighted by atomic mass is 10.3. The second kappa shape index (κ2) is 9.04. The monoisotopic (exact) mass is 468 g/mol. The Kier molecular flexibility index (Phi) is 6.42. The van der Waals surface area contributed by atoms with Gasteiger partial charge in [0.2, 0.25) is 0 Å². The van der Waals surface area contributed by atoms with E-state index in [-0.39, 0.29) is 16.1 Å². The number of carbonyl (C=O) groups excluding carboxylic acids is 2. The number of carbonyl (C=O) groups is 2. The van der Waals surface area contributed by atoms with Gasteiger partial charge in [-0.25, -0.2) is 13.2 Å². The summed E-state index contributed by atoms with van der Waals surface area (Å²) >= 11 is 2.49. The van der Waals surface area contributed by atoms with Crippen molar-refractivity contribution < 1.29 is 18.0 Å². The van der Waals surface area contributed by atoms with Crippen molar-refractivity contribution in [3.05, 3.63) is 34.5 Å². The molecule has 2 aromatic rings. The Morgan fingerprint density at radius 3 is 2.37 bits per heavy atom. The van der Waals surface area contributed by atoms with E-state index in [1.807, 2.05) is 17.5 Å². The summed E-state index contributed by atoms with van der Waals surface area (Å²) in [4.78, 5) is 29.4. The minimum Gasteiger partial charge on any atom is -0.336 e. The first-order chi connectivity index (χ1) is 14.4. The molecule has 0 spiro atoms. The highest BCUT2D eigenvalue weighted by Gasteiger charge is 2.29. The second-order valence-corrected chi connectivity index (χ2v) is 11.5. The van der Waals surface area contributed by atoms with E-state index in [0.717, 1.165) is 24.2 Å². The van der Waals surface area contributed by atoms with E-state index in [4.69, 9.17) is 0 Å². The summed E-state index contributed by atoms with van der Waals surface area (Å²) in [6.07, 6.45) is 2.47. The van der Waals surface area contributed by atoms with Crippen molar-refractivity contribution in [3.8, 4) is 0 Å². The molecule has 11 heteroatoms. The highest BCUT2D eigenvalue weighted by molar-refractivity contribution is 7.91. The van der Waals surface area contributed by atoms with Crippen LogP contribution in [0.4, 0.5) is 9.80 Å². The molecule has 4 heterocycles. The molecule has 0 saturated carbocycles. The van der Waals surface area contributed by atoms with Crippen LogP contribution in [0.3, 0.4) is 0 Å². The van der Waals surface area contributed by atoms with Gasteiger partial charge in [0.05, 0.1) is 9.88 Å². The molecule has 2 aromatic heterocycles. The molecule has 8 nitrogen and oxygen atoms in total. The van der Waals surface area contributed by atoms with Crippen LogP contribution in [0.1, 0.15) is 28.9 Å². The van der Waals surface area contributed by atoms with Gasteiger partial charge >= 0.3 is 6.03 Å². The number of anilines is 1. The van der Waals surface area contributed by atoms with Gasteiger partial charge in [-0.1, -0.05) is 6.07 Å². The average molecular weight is 469 g/mol. The molecule has 1 N–H and O–H groups in total. The quantitative estimate of drug-likeness (QED) is 0.747. The molecule has 0 aromatic carbocycles. The van der Waals surface area contributed by atoms with Crippen LogP contribution in [-0.2, 0) is 10.0 Å². The van der Waals surface area contributed by atoms with Crippen LogP contribution in [0.5, 0.6) is 0 Å². The molecule has 3 amide bonds. The summed E-state index contributed by atoms with van der Waals surface area (Å²) in [5, 5.41) is 5.20. The molecule has 2 saturated heterocycles. The molecule has 0 atom stereocenters. The van der Waals surface area contributed by atoms with Crippen molar-refractivity contribution in [2.24, 2.45) is 0 Å². The first-order valence-electron chi connectivity index (χ1n) is 9.94. The van der Waals surface area contributed by atoms with Gasteiger partial charge in [-0.15, -0.1) is 22.7 Å². The fourth-order valence-electron chi connectivity index (χ4n) is 3.65. The predicted octanol–water partition coefficient (Wildman–Crippen LogP) is 2.97. The van der Waals surface area contributed by atoms with Crippen molar-refractivity contribution in [2.75, 3.05) is 44.6 Å². The van der Waals surface area contributed by atoms with E-state index in [0.29, 0.717) is 55.6 Å². The number of hydrogen-bond donors (Lipinski definition) is 1. The van der Waals surface area contributed by atoms with Crippen LogP contribution in [0.2, 0.25) is 0 Å². The molecule has 0 radical (unpaired) electrons. The van der Waals surface area contributed by atoms with E-state index in [1.54, 1.807) is 21.9 Å². The van der Waals surface area contributed by atoms with Crippen LogP contribution in [0, 0.1) is 0 Å². The van der Waals surface area contributed by atoms with Gasteiger partial charge < -0.3 is 9.80 Å². The Morgan fingerprint density at radius 2 is 1.63 bits per heavy atom. The number of rotatable bonds is 4. The van der Waals surface area contributed by atoms with Crippen LogP contribution in [0.25, 0.3) is 0 Å². The van der Waals surface area contributed by atoms with E-state index < -0.39 is 10.0 Å². The number of sulfonamides is 1. The third-order valence-electron chi connectivity index (χ3n) is 5.27. The number of hydrogen-bond acceptors (Lipinski definition) is 6. The van der Waals surface area contributed by atoms with E-state index in [1.165, 1.54) is 15.6 Å². The van der Waals surface area contributed by atoms with E-state index in [2.05, 4.69) is 5.32 Å². The van der Waals surface area contributed by atoms with Crippen molar-refractivity contribution in [1.82, 2.24) is 14.1 Å². The Bertz CT molecular complexity index is 997. The van der Waals surface area contributed by atoms with Gasteiger partial charge in [0, 0.05) is 39.3 Å². The Balaban J connectivity index is 1.35. The third-order valence-corrected chi connectivity index (χ3v) is 9.50. The summed E-state index contributed by atoms with van der Waals surface area (Å²) in [6.45, 7) is 3.17. The van der Waals surface area contributed by atoms with Crippen molar-refractivity contribution >= 4 is 49.6 Å². The smallest absolute Gasteiger partial charge is 0.322 e. The normalized spacial score (nSPS) is 18.4. The maximum atomic E-state index is 12.7. The minimum atomic E-state index is -3.48. The largest absolute Gasteiger partial charge is 0.336 e. The average Bonchev–Trinajstić information content (AvgIpc) is 3.48. The fourth-order valence-corrected chi connectivity index (χ4v) is 7.20. The van der Waals surface area contributed by atoms with Gasteiger partial charge in [0.25, 0.3) is 15.9 Å². The Morgan fingerprint density at radius 1 is 0.900 bits per heavy atom. The standard InChI is InChI=1S/C19H24N4O4S3/c24-18(15-5-3-14-28-15)21-8-4-9-22(13-12-21)19(25)20-16-6-7-17(29-16)30(26,27)23-10-1-2-11-23/h3,5-7,14H,1-2,4,8-13H2,(H,20,25). The zero-order valence-electron chi connectivity index (χ0n) is 16.5. The molecule has 162 valence electrons. The number of nitrogens with one attached hydrogen (secondary N) is 1. The Hall–Kier alpha value is -1.95. The van der Waals surface area contributed by atoms with Crippen LogP contribution in [0.15, 0.2) is 33.9 Å². The van der Waals surface area contributed by atoms with Crippen LogP contribution >= 0.6 is 22.7 Å². The molecule has 2 aliphatic rings. The molecular formula is C19H24N4O4S3. The number of urea groups is 1. The number of amides is 3. The zero-order valence-corrected chi connectivity index (χ0v) is 18.9. The molecule has 2 aliphatic heterocycles. The van der Waals surface area contributed by atoms with Crippen LogP contribution < -0.4 is 5.32 Å². The van der Waals surface area contributed by atoms with Crippen LogP contribution in [-0.4, -0.2) is 73.7 Å². The van der Waals surface area contributed by atoms with Gasteiger partial charge in [0.1, 0.15) is 4.21 Å². The topological polar surface area (TPSA) is 90.0 Å². The SMILES string of the molecule is O=C(Nc1ccc(S(=O)(=O)N2CCCC2)s1)N1CCCN(C(=O)c2cccs2)CC1. The highest BCUT2D eigenvalue weighted by atomic mass is 32.2. The van der Waals surface area contributed by atoms with Gasteiger partial charge in [-0.2, -0.15) is 4.31 Å². The summed E-state index contributed by atoms with van der Waals surface area (Å²) in [5.74, 6) is 0.00211. The Labute approximate surface area is 184 Å². The molecule has 4 rings (SSSR count). The summed E-state index contributed by atoms with van der Waals surface area (Å²) in [5.41, 5.74) is 0. The van der Waals surface area contributed by atoms with Gasteiger partial charge in [0.15, 0.2) is 0 Å². The predicted molar refractivity (Wildman–Crippen MR) is 118 cm³/mol. The first-order valence-corrected chi connectivity index (χ1v) is 13.1. The maximum absolute atomic E-state index is 12.7. The van der Waals surface area contributed by atoms with Crippen molar-refractivity contribution in [2.45, 2.75) is 23.5 Å². The molecule has 30 heavy (non-hydrogen) atoms. The van der Waals surface area contributed by atoms with E-state index in [9.17, 15) is 18.0 Å². The summed E-state index contributed by atoms with van der Waals surface area (Å²) < 4.78 is 27.1. The van der Waals surface area contributed by atoms with Crippen molar-refractivity contribution in [3.63, 3.8) is 0 Å². The third kappa shape index (κ3) is 4.53. The molecule has 0 aliphatic carbocycles. The molecule has 2 fully saturated rings. The summed E-state index contributed by atoms with van der Waals surface area (Å²) in [6, 6.07) is 6.59. The molecular weight excluding hydrogens is 444 g/mol. The van der Waals surface area contributed by atoms with Crippen molar-refractivity contribution in [1.29, 1.82) is 0 Å². The lowest BCUT2D eigenvalue weighted by Gasteiger charge is -2.22. The maximum Gasteiger partial charge on any atom is 0.322 e. The number of thiophene rings is 2. The van der Waals surface area contributed by atoms with Gasteiger partial charge in [-0.3, -0.25) is 10.1 Å². The highest BCUT2D eigenvalue weighted by Crippen LogP contribution is 2.30. The number of nitrogens with zero attached hydrogens (tertiary/aromatic N) is 3. The molecule has 0 unspecified atom stereocenters. The minimum absolute atomic E-state index is 0.00211. The second-order valence-electron chi connectivity index (χ2n) is 7.27. The fraction of sp³-hybridized carbons (Fsp3) is 0.474. The first kappa shape index (κ1) is 21.3. The lowest BCUT2D eigenvalue weighted by Crippen LogP contribution is -2.39. The van der Waals surface area contributed by atoms with Gasteiger partial charge in [-0.05, 0) is 42.8 Å². The van der Waals surface area contributed by atoms with E-state index >= 15 is 0 Å². The molecule has 0 bridgehead atoms.